The fourth-order valence-corrected chi connectivity index (χ4v) is 3.52. The van der Waals surface area contributed by atoms with Gasteiger partial charge in [-0.25, -0.2) is 4.98 Å². The molecule has 0 spiro atoms. The van der Waals surface area contributed by atoms with Crippen LogP contribution in [0.4, 0.5) is 0 Å². The van der Waals surface area contributed by atoms with Crippen molar-refractivity contribution in [1.29, 1.82) is 5.41 Å². The van der Waals surface area contributed by atoms with Crippen molar-refractivity contribution in [3.05, 3.63) is 53.4 Å². The summed E-state index contributed by atoms with van der Waals surface area (Å²) in [5.74, 6) is -0.537. The second-order valence-electron chi connectivity index (χ2n) is 4.11. The van der Waals surface area contributed by atoms with Gasteiger partial charge in [0.2, 0.25) is 0 Å². The molecule has 0 aliphatic rings. The van der Waals surface area contributed by atoms with Gasteiger partial charge in [0.1, 0.15) is 11.5 Å². The first-order valence-electron chi connectivity index (χ1n) is 6.20. The van der Waals surface area contributed by atoms with Crippen LogP contribution < -0.4 is 15.3 Å². The van der Waals surface area contributed by atoms with Gasteiger partial charge in [0.25, 0.3) is 0 Å². The van der Waals surface area contributed by atoms with Crippen molar-refractivity contribution in [1.82, 2.24) is 15.2 Å². The van der Waals surface area contributed by atoms with Gasteiger partial charge in [-0.05, 0) is 0 Å². The van der Waals surface area contributed by atoms with E-state index in [2.05, 4.69) is 12.7 Å². The number of halogens is 1. The van der Waals surface area contributed by atoms with Crippen LogP contribution in [0.25, 0.3) is 0 Å². The van der Waals surface area contributed by atoms with Gasteiger partial charge in [0.15, 0.2) is 5.49 Å². The molecule has 1 aromatic carbocycles. The molecular formula is C12H14AsClN4O6. The van der Waals surface area contributed by atoms with Gasteiger partial charge in [-0.3, -0.25) is 5.41 Å². The molecule has 0 saturated heterocycles. The number of hydroxylamine groups is 1. The molecule has 24 heavy (non-hydrogen) atoms. The zero-order valence-electron chi connectivity index (χ0n) is 12.3. The van der Waals surface area contributed by atoms with Gasteiger partial charge in [0, 0.05) is 6.07 Å². The number of amides is 1. The molecule has 12 heteroatoms. The standard InChI is InChI=1S/C8H10AsNO5.C4H4ClN3O/c1-7(11)10-14-9(12,15-13)8-5-3-2-4-6-8;5-3-1-4(6)8(9)2-7-3/h2-6,13H,1H3,(H,10,11);1-2,6,9H. The molecular weight excluding hydrogens is 407 g/mol. The molecule has 0 saturated carbocycles. The van der Waals surface area contributed by atoms with Crippen LogP contribution in [0, 0.1) is 5.41 Å². The minimum absolute atomic E-state index is 0.0880. The summed E-state index contributed by atoms with van der Waals surface area (Å²) < 4.78 is 21.0. The molecule has 2 rings (SSSR count). The van der Waals surface area contributed by atoms with E-state index in [1.807, 2.05) is 5.48 Å². The molecule has 2 aromatic rings. The van der Waals surface area contributed by atoms with Crippen molar-refractivity contribution in [2.75, 3.05) is 0 Å². The minimum atomic E-state index is -4.55. The summed E-state index contributed by atoms with van der Waals surface area (Å²) in [6, 6.07) is 9.11. The number of hydrogen-bond donors (Lipinski definition) is 4. The molecule has 130 valence electrons. The number of carbonyl (C=O) groups is 1. The first-order chi connectivity index (χ1) is 11.3. The third-order valence-electron chi connectivity index (χ3n) is 2.28. The van der Waals surface area contributed by atoms with E-state index in [9.17, 15) is 8.53 Å². The average molecular weight is 421 g/mol. The van der Waals surface area contributed by atoms with Gasteiger partial charge in [-0.1, -0.05) is 11.6 Å². The van der Waals surface area contributed by atoms with Crippen LogP contribution in [0.5, 0.6) is 0 Å². The maximum Gasteiger partial charge on any atom is 0.165 e. The Hall–Kier alpha value is -2.10. The number of nitrogens with one attached hydrogen (secondary N) is 2. The maximum absolute atomic E-state index is 11.8. The monoisotopic (exact) mass is 420 g/mol. The Balaban J connectivity index is 0.000000272. The molecule has 0 aliphatic carbocycles. The van der Waals surface area contributed by atoms with Crippen molar-refractivity contribution in [3.8, 4) is 0 Å². The maximum atomic E-state index is 11.8. The number of benzene rings is 1. The predicted octanol–water partition coefficient (Wildman–Crippen LogP) is 0.0736. The van der Waals surface area contributed by atoms with E-state index < -0.39 is 20.1 Å². The smallest absolute Gasteiger partial charge is 0.165 e. The van der Waals surface area contributed by atoms with Crippen molar-refractivity contribution in [2.24, 2.45) is 0 Å². The van der Waals surface area contributed by atoms with E-state index in [0.717, 1.165) is 6.33 Å². The molecule has 1 aromatic heterocycles. The van der Waals surface area contributed by atoms with Crippen LogP contribution in [0.1, 0.15) is 6.92 Å². The zero-order valence-corrected chi connectivity index (χ0v) is 14.9. The second-order valence-corrected chi connectivity index (χ2v) is 8.39. The zero-order chi connectivity index (χ0) is 18.2. The summed E-state index contributed by atoms with van der Waals surface area (Å²) in [5, 5.41) is 24.3. The van der Waals surface area contributed by atoms with E-state index in [1.165, 1.54) is 25.1 Å². The predicted molar refractivity (Wildman–Crippen MR) is 81.4 cm³/mol. The van der Waals surface area contributed by atoms with Crippen molar-refractivity contribution >= 4 is 36.0 Å². The minimum Gasteiger partial charge on any atom is -0.425 e. The number of rotatable bonds is 4. The van der Waals surface area contributed by atoms with Crippen LogP contribution in [-0.4, -0.2) is 40.3 Å². The molecule has 4 N–H and O–H groups in total. The van der Waals surface area contributed by atoms with E-state index in [-0.39, 0.29) is 15.0 Å². The van der Waals surface area contributed by atoms with Crippen molar-refractivity contribution in [3.63, 3.8) is 0 Å². The third-order valence-corrected chi connectivity index (χ3v) is 5.59. The summed E-state index contributed by atoms with van der Waals surface area (Å²) in [6.07, 6.45) is 1.06. The SMILES string of the molecule is CC(=O)NO[As](=O)(OO)c1ccccc1.N=c1cc(Cl)ncn1O. The molecule has 0 radical (unpaired) electrons. The molecule has 1 unspecified atom stereocenters. The normalized spacial score (nSPS) is 12.5. The van der Waals surface area contributed by atoms with Crippen LogP contribution in [-0.2, 0) is 16.2 Å². The number of nitrogens with zero attached hydrogens (tertiary/aromatic N) is 2. The summed E-state index contributed by atoms with van der Waals surface area (Å²) >= 11 is 0.810. The summed E-state index contributed by atoms with van der Waals surface area (Å²) in [5.41, 5.74) is 1.79. The molecule has 1 atom stereocenters. The molecule has 10 nitrogen and oxygen atoms in total. The first kappa shape index (κ1) is 19.9. The van der Waals surface area contributed by atoms with Gasteiger partial charge in [-0.2, -0.15) is 4.73 Å². The number of hydrogen-bond acceptors (Lipinski definition) is 8. The Morgan fingerprint density at radius 2 is 2.04 bits per heavy atom. The van der Waals surface area contributed by atoms with Gasteiger partial charge >= 0.3 is 88.7 Å². The third kappa shape index (κ3) is 6.18. The molecule has 1 amide bonds. The largest absolute Gasteiger partial charge is 0.425 e. The molecule has 0 aliphatic heterocycles. The van der Waals surface area contributed by atoms with Gasteiger partial charge in [-0.15, -0.1) is 0 Å². The summed E-state index contributed by atoms with van der Waals surface area (Å²) in [4.78, 5) is 14.1. The fraction of sp³-hybridized carbons (Fsp3) is 0.0833. The van der Waals surface area contributed by atoms with Crippen LogP contribution >= 0.6 is 11.6 Å². The Labute approximate surface area is 144 Å². The van der Waals surface area contributed by atoms with E-state index in [0.29, 0.717) is 4.73 Å². The van der Waals surface area contributed by atoms with Crippen LogP contribution in [0.2, 0.25) is 5.15 Å². The molecule has 0 bridgehead atoms. The fourth-order valence-electron chi connectivity index (χ4n) is 1.24. The first-order valence-corrected chi connectivity index (χ1v) is 9.82. The Morgan fingerprint density at radius 1 is 1.42 bits per heavy atom. The average Bonchev–Trinajstić information content (AvgIpc) is 2.57. The molecule has 1 heterocycles. The van der Waals surface area contributed by atoms with Gasteiger partial charge in [0.05, 0.1) is 0 Å². The summed E-state index contributed by atoms with van der Waals surface area (Å²) in [7, 11) is 0. The number of carbonyl (C=O) groups excluding carboxylic acids is 1. The van der Waals surface area contributed by atoms with Crippen LogP contribution in [0.3, 0.4) is 0 Å². The second kappa shape index (κ2) is 9.26. The van der Waals surface area contributed by atoms with E-state index in [1.54, 1.807) is 18.2 Å². The van der Waals surface area contributed by atoms with Gasteiger partial charge < -0.3 is 5.21 Å². The van der Waals surface area contributed by atoms with Crippen LogP contribution in [0.15, 0.2) is 42.7 Å². The van der Waals surface area contributed by atoms with Crippen molar-refractivity contribution in [2.45, 2.75) is 6.92 Å². The topological polar surface area (TPSA) is 147 Å². The molecule has 0 fully saturated rings. The quantitative estimate of drug-likeness (QED) is 0.180. The number of aromatic nitrogens is 2. The Morgan fingerprint density at radius 3 is 2.50 bits per heavy atom. The Bertz CT molecular complexity index is 785. The van der Waals surface area contributed by atoms with Crippen molar-refractivity contribution < 1.29 is 26.7 Å². The Kier molecular flexibility index (Phi) is 7.69. The van der Waals surface area contributed by atoms with E-state index >= 15 is 0 Å². The van der Waals surface area contributed by atoms with E-state index in [4.69, 9.17) is 27.5 Å². The summed E-state index contributed by atoms with van der Waals surface area (Å²) in [6.45, 7) is 1.18.